The molecule has 4 rings (SSSR count). The number of H-pyrrole nitrogens is 1. The number of likely N-dealkylation sites (tertiary alicyclic amines) is 1. The number of amides is 1. The molecule has 1 aromatic heterocycles. The molecule has 1 amide bonds. The van der Waals surface area contributed by atoms with Crippen molar-refractivity contribution in [2.45, 2.75) is 63.8 Å². The second kappa shape index (κ2) is 9.84. The minimum Gasteiger partial charge on any atom is -0.444 e. The molecule has 0 saturated carbocycles. The number of allylic oxidation sites excluding steroid dienone is 1. The molecule has 0 aliphatic carbocycles. The maximum Gasteiger partial charge on any atom is 0.419 e. The number of piperidine rings is 1. The Morgan fingerprint density at radius 1 is 1.23 bits per heavy atom. The zero-order valence-corrected chi connectivity index (χ0v) is 23.6. The molecule has 3 heterocycles. The number of aromatic amines is 1. The lowest BCUT2D eigenvalue weighted by Gasteiger charge is -2.44. The minimum absolute atomic E-state index is 0.0618. The summed E-state index contributed by atoms with van der Waals surface area (Å²) >= 11 is 0. The number of aliphatic imine (C=N–C) groups is 1. The van der Waals surface area contributed by atoms with Gasteiger partial charge in [-0.25, -0.2) is 18.6 Å². The van der Waals surface area contributed by atoms with Crippen molar-refractivity contribution in [1.82, 2.24) is 20.3 Å². The van der Waals surface area contributed by atoms with Crippen LogP contribution in [0.5, 0.6) is 0 Å². The third-order valence-corrected chi connectivity index (χ3v) is 7.53. The number of benzene rings is 1. The summed E-state index contributed by atoms with van der Waals surface area (Å²) in [6.07, 6.45) is -1.09. The summed E-state index contributed by atoms with van der Waals surface area (Å²) < 4.78 is 72.0. The van der Waals surface area contributed by atoms with E-state index in [1.54, 1.807) is 25.7 Å². The first-order chi connectivity index (χ1) is 17.8. The normalized spacial score (nSPS) is 20.6. The third-order valence-electron chi connectivity index (χ3n) is 6.42. The molecular weight excluding hydrogens is 535 g/mol. The Bertz CT molecular complexity index is 1440. The summed E-state index contributed by atoms with van der Waals surface area (Å²) in [4.78, 5) is 21.5. The summed E-state index contributed by atoms with van der Waals surface area (Å²) in [7, 11) is -3.48. The highest BCUT2D eigenvalue weighted by Crippen LogP contribution is 2.35. The summed E-state index contributed by atoms with van der Waals surface area (Å²) in [5, 5.41) is 1.72. The number of ether oxygens (including phenoxy) is 1. The monoisotopic (exact) mass is 569 g/mol. The van der Waals surface area contributed by atoms with Crippen molar-refractivity contribution in [2.24, 2.45) is 10.4 Å². The van der Waals surface area contributed by atoms with Crippen LogP contribution in [0.1, 0.15) is 46.6 Å². The Balaban J connectivity index is 1.58. The standard InChI is InChI=1S/C26H34F3N5O4S/c1-24(2,3)38-23(35)33-12-16(10-25(4,5)14-33)32-34-13-20(26(27,28)29)22(31-15-34)19-11-30-21-9-17(39(6,36)37)7-8-18(19)21/h7-9,11,13,16,30,32H,10,12,14-15H2,1-6H3/t16-/m0/s1. The average Bonchev–Trinajstić information content (AvgIpc) is 3.19. The number of sulfone groups is 1. The van der Waals surface area contributed by atoms with E-state index in [2.05, 4.69) is 15.4 Å². The first-order valence-corrected chi connectivity index (χ1v) is 14.4. The van der Waals surface area contributed by atoms with Gasteiger partial charge in [0.25, 0.3) is 0 Å². The van der Waals surface area contributed by atoms with Crippen LogP contribution in [0.3, 0.4) is 0 Å². The second-order valence-corrected chi connectivity index (χ2v) is 13.9. The zero-order chi connectivity index (χ0) is 29.0. The molecule has 9 nitrogen and oxygen atoms in total. The first kappa shape index (κ1) is 28.9. The van der Waals surface area contributed by atoms with Gasteiger partial charge in [-0.15, -0.1) is 0 Å². The van der Waals surface area contributed by atoms with Crippen LogP contribution in [0, 0.1) is 5.41 Å². The Kier molecular flexibility index (Phi) is 7.30. The molecule has 39 heavy (non-hydrogen) atoms. The number of fused-ring (bicyclic) bond motifs is 1. The highest BCUT2D eigenvalue weighted by molar-refractivity contribution is 7.90. The van der Waals surface area contributed by atoms with Crippen LogP contribution in [0.25, 0.3) is 10.9 Å². The van der Waals surface area contributed by atoms with Gasteiger partial charge in [0.2, 0.25) is 0 Å². The lowest BCUT2D eigenvalue weighted by Crippen LogP contribution is -2.57. The van der Waals surface area contributed by atoms with Crippen molar-refractivity contribution < 1.29 is 31.1 Å². The van der Waals surface area contributed by atoms with Crippen LogP contribution in [-0.4, -0.2) is 78.9 Å². The number of nitrogens with one attached hydrogen (secondary N) is 2. The quantitative estimate of drug-likeness (QED) is 0.557. The average molecular weight is 570 g/mol. The number of nitrogens with zero attached hydrogens (tertiary/aromatic N) is 3. The van der Waals surface area contributed by atoms with Crippen molar-refractivity contribution in [2.75, 3.05) is 26.0 Å². The fourth-order valence-corrected chi connectivity index (χ4v) is 5.61. The van der Waals surface area contributed by atoms with E-state index in [0.29, 0.717) is 23.9 Å². The molecule has 2 aliphatic rings. The van der Waals surface area contributed by atoms with Gasteiger partial charge in [-0.2, -0.15) is 13.2 Å². The van der Waals surface area contributed by atoms with Crippen LogP contribution in [0.15, 0.2) is 46.1 Å². The number of hydrogen-bond donors (Lipinski definition) is 2. The van der Waals surface area contributed by atoms with Gasteiger partial charge in [0.1, 0.15) is 12.3 Å². The van der Waals surface area contributed by atoms with E-state index < -0.39 is 33.3 Å². The van der Waals surface area contributed by atoms with Gasteiger partial charge in [0, 0.05) is 54.3 Å². The molecule has 0 radical (unpaired) electrons. The molecule has 2 aliphatic heterocycles. The smallest absolute Gasteiger partial charge is 0.419 e. The Hall–Kier alpha value is -3.06. The molecule has 214 valence electrons. The van der Waals surface area contributed by atoms with Crippen molar-refractivity contribution in [3.63, 3.8) is 0 Å². The van der Waals surface area contributed by atoms with E-state index >= 15 is 0 Å². The number of hydrazine groups is 1. The Morgan fingerprint density at radius 2 is 1.92 bits per heavy atom. The largest absolute Gasteiger partial charge is 0.444 e. The zero-order valence-electron chi connectivity index (χ0n) is 22.8. The molecule has 2 N–H and O–H groups in total. The number of carbonyl (C=O) groups excluding carboxylic acids is 1. The van der Waals surface area contributed by atoms with Gasteiger partial charge in [-0.3, -0.25) is 10.0 Å². The molecule has 1 aromatic carbocycles. The number of aromatic nitrogens is 1. The van der Waals surface area contributed by atoms with Gasteiger partial charge in [-0.1, -0.05) is 19.9 Å². The van der Waals surface area contributed by atoms with Crippen molar-refractivity contribution in [1.29, 1.82) is 0 Å². The molecule has 2 aromatic rings. The predicted octanol–water partition coefficient (Wildman–Crippen LogP) is 4.62. The molecule has 1 fully saturated rings. The van der Waals surface area contributed by atoms with Crippen LogP contribution >= 0.6 is 0 Å². The number of carbonyl (C=O) groups is 1. The van der Waals surface area contributed by atoms with Crippen molar-refractivity contribution >= 4 is 32.5 Å². The van der Waals surface area contributed by atoms with Gasteiger partial charge < -0.3 is 14.6 Å². The lowest BCUT2D eigenvalue weighted by atomic mass is 9.82. The van der Waals surface area contributed by atoms with Gasteiger partial charge in [0.05, 0.1) is 16.2 Å². The van der Waals surface area contributed by atoms with E-state index in [4.69, 9.17) is 4.74 Å². The van der Waals surface area contributed by atoms with E-state index in [9.17, 15) is 26.4 Å². The fraction of sp³-hybridized carbons (Fsp3) is 0.538. The Morgan fingerprint density at radius 3 is 2.54 bits per heavy atom. The molecule has 1 atom stereocenters. The van der Waals surface area contributed by atoms with Crippen molar-refractivity contribution in [3.8, 4) is 0 Å². The van der Waals surface area contributed by atoms with Gasteiger partial charge >= 0.3 is 12.3 Å². The van der Waals surface area contributed by atoms with E-state index in [1.807, 2.05) is 13.8 Å². The number of alkyl halides is 3. The molecule has 1 saturated heterocycles. The molecule has 0 unspecified atom stereocenters. The summed E-state index contributed by atoms with van der Waals surface area (Å²) in [6.45, 7) is 9.97. The SMILES string of the molecule is CC1(C)C[C@H](NN2C=C(C(F)(F)F)C(c3c[nH]c4cc(S(C)(=O)=O)ccc34)=NC2)CN(C(=O)OC(C)(C)C)C1. The Labute approximate surface area is 226 Å². The molecular formula is C26H34F3N5O4S. The highest BCUT2D eigenvalue weighted by atomic mass is 32.2. The highest BCUT2D eigenvalue weighted by Gasteiger charge is 2.41. The van der Waals surface area contributed by atoms with Crippen LogP contribution in [0.4, 0.5) is 18.0 Å². The first-order valence-electron chi connectivity index (χ1n) is 12.5. The minimum atomic E-state index is -4.70. The maximum absolute atomic E-state index is 14.2. The molecule has 0 spiro atoms. The summed E-state index contributed by atoms with van der Waals surface area (Å²) in [6, 6.07) is 3.91. The summed E-state index contributed by atoms with van der Waals surface area (Å²) in [5.41, 5.74) is 1.60. The van der Waals surface area contributed by atoms with Gasteiger partial charge in [0.15, 0.2) is 9.84 Å². The van der Waals surface area contributed by atoms with Gasteiger partial charge in [-0.05, 0) is 44.7 Å². The lowest BCUT2D eigenvalue weighted by molar-refractivity contribution is -0.0880. The number of halogens is 3. The van der Waals surface area contributed by atoms with E-state index in [1.165, 1.54) is 29.4 Å². The molecule has 13 heteroatoms. The van der Waals surface area contributed by atoms with Crippen LogP contribution < -0.4 is 5.43 Å². The summed E-state index contributed by atoms with van der Waals surface area (Å²) in [5.74, 6) is 0. The van der Waals surface area contributed by atoms with Crippen LogP contribution in [0.2, 0.25) is 0 Å². The molecule has 0 bridgehead atoms. The van der Waals surface area contributed by atoms with E-state index in [-0.39, 0.29) is 40.8 Å². The van der Waals surface area contributed by atoms with Crippen molar-refractivity contribution in [3.05, 3.63) is 41.7 Å². The number of rotatable bonds is 4. The van der Waals surface area contributed by atoms with Crippen LogP contribution in [-0.2, 0) is 14.6 Å². The topological polar surface area (TPSA) is 107 Å². The third kappa shape index (κ3) is 6.75. The number of hydrogen-bond acceptors (Lipinski definition) is 7. The fourth-order valence-electron chi connectivity index (χ4n) is 4.97. The predicted molar refractivity (Wildman–Crippen MR) is 142 cm³/mol. The maximum atomic E-state index is 14.2. The van der Waals surface area contributed by atoms with E-state index in [0.717, 1.165) is 12.5 Å². The second-order valence-electron chi connectivity index (χ2n) is 11.9.